The smallest absolute Gasteiger partial charge is 0.277 e. The number of hydrogen-bond acceptors (Lipinski definition) is 6. The van der Waals surface area contributed by atoms with Crippen LogP contribution < -0.4 is 15.1 Å². The molecule has 0 radical (unpaired) electrons. The Bertz CT molecular complexity index is 1210. The first-order valence-electron chi connectivity index (χ1n) is 11.5. The highest BCUT2D eigenvalue weighted by Crippen LogP contribution is 2.31. The van der Waals surface area contributed by atoms with Crippen LogP contribution >= 0.6 is 0 Å². The van der Waals surface area contributed by atoms with Crippen molar-refractivity contribution in [1.82, 2.24) is 5.43 Å². The van der Waals surface area contributed by atoms with Gasteiger partial charge in [0.15, 0.2) is 6.61 Å². The Morgan fingerprint density at radius 1 is 1.21 bits per heavy atom. The van der Waals surface area contributed by atoms with E-state index in [4.69, 9.17) is 4.74 Å². The van der Waals surface area contributed by atoms with Gasteiger partial charge in [-0.3, -0.25) is 14.9 Å². The van der Waals surface area contributed by atoms with Gasteiger partial charge < -0.3 is 9.64 Å². The SMILES string of the molecule is CCC1CCCCN1c1ccc([N+](=O)[O-])cc1/C=N/NC(=O)COc1cccc2ccccc12. The van der Waals surface area contributed by atoms with E-state index in [2.05, 4.69) is 22.4 Å². The van der Waals surface area contributed by atoms with Gasteiger partial charge in [-0.05, 0) is 43.2 Å². The normalized spacial score (nSPS) is 16.0. The molecule has 34 heavy (non-hydrogen) atoms. The summed E-state index contributed by atoms with van der Waals surface area (Å²) in [6.45, 7) is 2.85. The number of anilines is 1. The van der Waals surface area contributed by atoms with Gasteiger partial charge in [0.2, 0.25) is 0 Å². The fourth-order valence-corrected chi connectivity index (χ4v) is 4.43. The van der Waals surface area contributed by atoms with E-state index < -0.39 is 10.8 Å². The molecule has 0 aliphatic carbocycles. The van der Waals surface area contributed by atoms with E-state index in [1.807, 2.05) is 42.5 Å². The third-order valence-corrected chi connectivity index (χ3v) is 6.13. The van der Waals surface area contributed by atoms with Gasteiger partial charge in [0, 0.05) is 41.4 Å². The third-order valence-electron chi connectivity index (χ3n) is 6.13. The van der Waals surface area contributed by atoms with Gasteiger partial charge in [0.25, 0.3) is 11.6 Å². The van der Waals surface area contributed by atoms with E-state index >= 15 is 0 Å². The second-order valence-corrected chi connectivity index (χ2v) is 8.31. The quantitative estimate of drug-likeness (QED) is 0.288. The molecule has 3 aromatic rings. The number of ether oxygens (including phenoxy) is 1. The van der Waals surface area contributed by atoms with Crippen LogP contribution in [0.1, 0.15) is 38.2 Å². The molecule has 0 bridgehead atoms. The van der Waals surface area contributed by atoms with Crippen LogP contribution in [-0.4, -0.2) is 36.2 Å². The number of nitrogens with zero attached hydrogens (tertiary/aromatic N) is 3. The summed E-state index contributed by atoms with van der Waals surface area (Å²) in [6, 6.07) is 18.6. The number of hydrazone groups is 1. The summed E-state index contributed by atoms with van der Waals surface area (Å²) in [5.74, 6) is 0.203. The molecule has 1 unspecified atom stereocenters. The molecule has 1 amide bonds. The number of benzene rings is 3. The Kier molecular flexibility index (Phi) is 7.37. The molecule has 3 aromatic carbocycles. The lowest BCUT2D eigenvalue weighted by Gasteiger charge is -2.38. The minimum Gasteiger partial charge on any atom is -0.483 e. The van der Waals surface area contributed by atoms with Crippen molar-refractivity contribution < 1.29 is 14.5 Å². The largest absolute Gasteiger partial charge is 0.483 e. The van der Waals surface area contributed by atoms with Crippen molar-refractivity contribution in [3.8, 4) is 5.75 Å². The second-order valence-electron chi connectivity index (χ2n) is 8.31. The minimum absolute atomic E-state index is 0.0131. The number of carbonyl (C=O) groups is 1. The summed E-state index contributed by atoms with van der Waals surface area (Å²) in [4.78, 5) is 25.5. The lowest BCUT2D eigenvalue weighted by Crippen LogP contribution is -2.39. The van der Waals surface area contributed by atoms with Gasteiger partial charge in [-0.2, -0.15) is 5.10 Å². The zero-order valence-corrected chi connectivity index (χ0v) is 19.1. The molecule has 0 aromatic heterocycles. The molecule has 0 saturated carbocycles. The van der Waals surface area contributed by atoms with E-state index in [9.17, 15) is 14.9 Å². The van der Waals surface area contributed by atoms with Crippen molar-refractivity contribution in [2.45, 2.75) is 38.6 Å². The number of amides is 1. The predicted octanol–water partition coefficient (Wildman–Crippen LogP) is 5.05. The molecule has 0 spiro atoms. The van der Waals surface area contributed by atoms with Gasteiger partial charge in [0.05, 0.1) is 11.1 Å². The Balaban J connectivity index is 1.46. The Hall–Kier alpha value is -3.94. The summed E-state index contributed by atoms with van der Waals surface area (Å²) in [6.07, 6.45) is 5.81. The van der Waals surface area contributed by atoms with E-state index in [-0.39, 0.29) is 12.3 Å². The predicted molar refractivity (Wildman–Crippen MR) is 134 cm³/mol. The zero-order valence-electron chi connectivity index (χ0n) is 19.1. The van der Waals surface area contributed by atoms with Crippen LogP contribution in [-0.2, 0) is 4.79 Å². The van der Waals surface area contributed by atoms with Crippen molar-refractivity contribution in [3.05, 3.63) is 76.3 Å². The molecular weight excluding hydrogens is 432 g/mol. The molecule has 1 heterocycles. The fourth-order valence-electron chi connectivity index (χ4n) is 4.43. The van der Waals surface area contributed by atoms with Crippen molar-refractivity contribution in [2.75, 3.05) is 18.1 Å². The maximum absolute atomic E-state index is 12.3. The Labute approximate surface area is 198 Å². The summed E-state index contributed by atoms with van der Waals surface area (Å²) in [5.41, 5.74) is 3.95. The highest BCUT2D eigenvalue weighted by Gasteiger charge is 2.24. The average molecular weight is 461 g/mol. The highest BCUT2D eigenvalue weighted by atomic mass is 16.6. The highest BCUT2D eigenvalue weighted by molar-refractivity contribution is 5.91. The molecule has 8 heteroatoms. The van der Waals surface area contributed by atoms with Crippen LogP contribution in [0.2, 0.25) is 0 Å². The molecular formula is C26H28N4O4. The fraction of sp³-hybridized carbons (Fsp3) is 0.308. The first-order valence-corrected chi connectivity index (χ1v) is 11.5. The monoisotopic (exact) mass is 460 g/mol. The van der Waals surface area contributed by atoms with Crippen LogP contribution in [0.15, 0.2) is 65.8 Å². The van der Waals surface area contributed by atoms with Crippen molar-refractivity contribution in [1.29, 1.82) is 0 Å². The van der Waals surface area contributed by atoms with Crippen LogP contribution in [0, 0.1) is 10.1 Å². The molecule has 176 valence electrons. The lowest BCUT2D eigenvalue weighted by molar-refractivity contribution is -0.384. The van der Waals surface area contributed by atoms with Crippen LogP contribution in [0.25, 0.3) is 10.8 Å². The summed E-state index contributed by atoms with van der Waals surface area (Å²) >= 11 is 0. The van der Waals surface area contributed by atoms with Gasteiger partial charge in [0.1, 0.15) is 5.75 Å². The van der Waals surface area contributed by atoms with Crippen molar-refractivity contribution in [2.24, 2.45) is 5.10 Å². The van der Waals surface area contributed by atoms with Gasteiger partial charge in [-0.1, -0.05) is 43.3 Å². The van der Waals surface area contributed by atoms with Gasteiger partial charge in [-0.15, -0.1) is 0 Å². The number of fused-ring (bicyclic) bond motifs is 1. The number of hydrogen-bond donors (Lipinski definition) is 1. The summed E-state index contributed by atoms with van der Waals surface area (Å²) in [7, 11) is 0. The zero-order chi connectivity index (χ0) is 23.9. The van der Waals surface area contributed by atoms with E-state index in [0.717, 1.165) is 42.3 Å². The molecule has 1 fully saturated rings. The number of rotatable bonds is 8. The molecule has 1 aliphatic rings. The number of nitro benzene ring substituents is 1. The van der Waals surface area contributed by atoms with E-state index in [1.54, 1.807) is 6.07 Å². The second kappa shape index (κ2) is 10.8. The molecule has 4 rings (SSSR count). The molecule has 1 N–H and O–H groups in total. The molecule has 8 nitrogen and oxygen atoms in total. The molecule has 1 atom stereocenters. The van der Waals surface area contributed by atoms with Crippen LogP contribution in [0.4, 0.5) is 11.4 Å². The maximum Gasteiger partial charge on any atom is 0.277 e. The van der Waals surface area contributed by atoms with E-state index in [1.165, 1.54) is 24.8 Å². The van der Waals surface area contributed by atoms with Crippen LogP contribution in [0.5, 0.6) is 5.75 Å². The Morgan fingerprint density at radius 3 is 2.85 bits per heavy atom. The molecule has 1 saturated heterocycles. The number of non-ortho nitro benzene ring substituents is 1. The number of nitro groups is 1. The standard InChI is InChI=1S/C26H28N4O4/c1-2-21-10-5-6-15-29(21)24-14-13-22(30(32)33)16-20(24)17-27-28-26(31)18-34-25-12-7-9-19-8-3-4-11-23(19)25/h3-4,7-9,11-14,16-17,21H,2,5-6,10,15,18H2,1H3,(H,28,31)/b27-17+. The first kappa shape index (κ1) is 23.2. The first-order chi connectivity index (χ1) is 16.6. The number of piperidine rings is 1. The van der Waals surface area contributed by atoms with E-state index in [0.29, 0.717) is 17.4 Å². The Morgan fingerprint density at radius 2 is 2.03 bits per heavy atom. The van der Waals surface area contributed by atoms with Gasteiger partial charge in [-0.25, -0.2) is 5.43 Å². The van der Waals surface area contributed by atoms with Gasteiger partial charge >= 0.3 is 0 Å². The topological polar surface area (TPSA) is 97.1 Å². The third kappa shape index (κ3) is 5.33. The number of nitrogens with one attached hydrogen (secondary N) is 1. The molecule has 1 aliphatic heterocycles. The van der Waals surface area contributed by atoms with Crippen molar-refractivity contribution in [3.63, 3.8) is 0 Å². The minimum atomic E-state index is -0.425. The summed E-state index contributed by atoms with van der Waals surface area (Å²) < 4.78 is 5.70. The van der Waals surface area contributed by atoms with Crippen molar-refractivity contribution >= 4 is 34.3 Å². The maximum atomic E-state index is 12.3. The number of carbonyl (C=O) groups excluding carboxylic acids is 1. The lowest BCUT2D eigenvalue weighted by atomic mass is 9.98. The summed E-state index contributed by atoms with van der Waals surface area (Å²) in [5, 5.41) is 17.3. The average Bonchev–Trinajstić information content (AvgIpc) is 2.87. The van der Waals surface area contributed by atoms with Crippen LogP contribution in [0.3, 0.4) is 0 Å².